The molecule has 0 saturated heterocycles. The van der Waals surface area contributed by atoms with Gasteiger partial charge in [0.2, 0.25) is 5.78 Å². The molecule has 112 valence electrons. The van der Waals surface area contributed by atoms with Gasteiger partial charge in [-0.1, -0.05) is 0 Å². The molecular formula is C15H10O7. The van der Waals surface area contributed by atoms with Gasteiger partial charge in [-0.25, -0.2) is 4.79 Å². The summed E-state index contributed by atoms with van der Waals surface area (Å²) >= 11 is 0. The molecule has 2 atom stereocenters. The van der Waals surface area contributed by atoms with Gasteiger partial charge in [-0.15, -0.1) is 0 Å². The standard InChI is InChI=1S/C15H10O7/c16-5-1-9(19)13-11(2-5)22-15(20)12-6-3-7(17)8(18)4-10(6)21-14(12)13/h1-3,6,10,16-17,19H,4H2. The van der Waals surface area contributed by atoms with E-state index in [-0.39, 0.29) is 40.2 Å². The quantitative estimate of drug-likeness (QED) is 0.631. The summed E-state index contributed by atoms with van der Waals surface area (Å²) in [4.78, 5) is 23.8. The first-order valence-corrected chi connectivity index (χ1v) is 6.59. The second-order valence-corrected chi connectivity index (χ2v) is 5.33. The molecule has 1 aliphatic carbocycles. The molecule has 0 fully saturated rings. The molecule has 4 rings (SSSR count). The summed E-state index contributed by atoms with van der Waals surface area (Å²) in [5.41, 5.74) is -0.560. The lowest BCUT2D eigenvalue weighted by Crippen LogP contribution is -2.28. The Morgan fingerprint density at radius 1 is 1.14 bits per heavy atom. The molecule has 2 unspecified atom stereocenters. The van der Waals surface area contributed by atoms with Crippen LogP contribution in [0.2, 0.25) is 0 Å². The summed E-state index contributed by atoms with van der Waals surface area (Å²) in [7, 11) is 0. The van der Waals surface area contributed by atoms with E-state index in [1.165, 1.54) is 12.1 Å². The number of fused-ring (bicyclic) bond motifs is 5. The molecule has 3 N–H and O–H groups in total. The number of carbonyl (C=O) groups excluding carboxylic acids is 1. The van der Waals surface area contributed by atoms with Crippen molar-refractivity contribution >= 4 is 16.8 Å². The van der Waals surface area contributed by atoms with E-state index in [1.54, 1.807) is 0 Å². The van der Waals surface area contributed by atoms with Gasteiger partial charge in [0, 0.05) is 12.1 Å². The molecule has 0 bridgehead atoms. The van der Waals surface area contributed by atoms with Gasteiger partial charge in [0.05, 0.1) is 17.9 Å². The van der Waals surface area contributed by atoms with Crippen LogP contribution in [0.3, 0.4) is 0 Å². The number of allylic oxidation sites excluding steroid dienone is 1. The second kappa shape index (κ2) is 4.03. The van der Waals surface area contributed by atoms with Crippen LogP contribution in [0.1, 0.15) is 17.9 Å². The number of ketones is 1. The second-order valence-electron chi connectivity index (χ2n) is 5.33. The predicted molar refractivity (Wildman–Crippen MR) is 73.3 cm³/mol. The number of phenolic OH excluding ortho intramolecular Hbond substituents is 2. The highest BCUT2D eigenvalue weighted by Gasteiger charge is 2.43. The maximum Gasteiger partial charge on any atom is 0.343 e. The monoisotopic (exact) mass is 302 g/mol. The van der Waals surface area contributed by atoms with Crippen molar-refractivity contribution in [1.82, 2.24) is 0 Å². The summed E-state index contributed by atoms with van der Waals surface area (Å²) in [5, 5.41) is 29.2. The van der Waals surface area contributed by atoms with E-state index >= 15 is 0 Å². The van der Waals surface area contributed by atoms with Gasteiger partial charge >= 0.3 is 5.63 Å². The zero-order valence-electron chi connectivity index (χ0n) is 11.1. The lowest BCUT2D eigenvalue weighted by atomic mass is 9.87. The van der Waals surface area contributed by atoms with Gasteiger partial charge in [0.15, 0.2) is 5.76 Å². The topological polar surface area (TPSA) is 117 Å². The molecule has 7 heteroatoms. The molecule has 2 aliphatic rings. The lowest BCUT2D eigenvalue weighted by molar-refractivity contribution is -0.120. The fourth-order valence-electron chi connectivity index (χ4n) is 3.01. The van der Waals surface area contributed by atoms with E-state index in [9.17, 15) is 24.9 Å². The Morgan fingerprint density at radius 2 is 1.91 bits per heavy atom. The first kappa shape index (κ1) is 12.8. The van der Waals surface area contributed by atoms with E-state index in [0.717, 1.165) is 6.07 Å². The van der Waals surface area contributed by atoms with Crippen LogP contribution in [0, 0.1) is 0 Å². The molecule has 7 nitrogen and oxygen atoms in total. The lowest BCUT2D eigenvalue weighted by Gasteiger charge is -2.19. The van der Waals surface area contributed by atoms with Gasteiger partial charge in [-0.05, 0) is 6.08 Å². The number of aromatic hydroxyl groups is 2. The van der Waals surface area contributed by atoms with Gasteiger partial charge < -0.3 is 24.5 Å². The Kier molecular flexibility index (Phi) is 2.34. The Bertz CT molecular complexity index is 922. The maximum atomic E-state index is 12.2. The minimum absolute atomic E-state index is 0.0144. The van der Waals surface area contributed by atoms with Gasteiger partial charge in [0.25, 0.3) is 0 Å². The van der Waals surface area contributed by atoms with Crippen molar-refractivity contribution in [2.45, 2.75) is 18.4 Å². The number of ether oxygens (including phenoxy) is 1. The first-order chi connectivity index (χ1) is 10.5. The number of hydrogen-bond acceptors (Lipinski definition) is 7. The predicted octanol–water partition coefficient (Wildman–Crippen LogP) is 1.46. The molecule has 22 heavy (non-hydrogen) atoms. The smallest absolute Gasteiger partial charge is 0.343 e. The Hall–Kier alpha value is -2.96. The summed E-state index contributed by atoms with van der Waals surface area (Å²) in [6.45, 7) is 0. The van der Waals surface area contributed by atoms with Crippen molar-refractivity contribution in [3.8, 4) is 17.2 Å². The maximum absolute atomic E-state index is 12.2. The number of aliphatic hydroxyl groups excluding tert-OH is 1. The number of phenols is 2. The van der Waals surface area contributed by atoms with Gasteiger partial charge in [0.1, 0.15) is 34.3 Å². The number of benzene rings is 1. The molecule has 0 amide bonds. The van der Waals surface area contributed by atoms with Crippen LogP contribution >= 0.6 is 0 Å². The van der Waals surface area contributed by atoms with E-state index in [0.29, 0.717) is 0 Å². The largest absolute Gasteiger partial charge is 0.508 e. The van der Waals surface area contributed by atoms with Crippen molar-refractivity contribution in [3.63, 3.8) is 0 Å². The van der Waals surface area contributed by atoms with Crippen molar-refractivity contribution in [2.24, 2.45) is 0 Å². The highest BCUT2D eigenvalue weighted by atomic mass is 16.5. The third-order valence-corrected chi connectivity index (χ3v) is 3.97. The Labute approximate surface area is 122 Å². The van der Waals surface area contributed by atoms with Crippen molar-refractivity contribution in [2.75, 3.05) is 0 Å². The molecule has 1 aromatic carbocycles. The third kappa shape index (κ3) is 1.56. The molecule has 0 spiro atoms. The zero-order valence-corrected chi connectivity index (χ0v) is 11.1. The third-order valence-electron chi connectivity index (χ3n) is 3.97. The molecular weight excluding hydrogens is 292 g/mol. The molecule has 0 radical (unpaired) electrons. The van der Waals surface area contributed by atoms with Crippen molar-refractivity contribution in [1.29, 1.82) is 0 Å². The number of hydrogen-bond donors (Lipinski definition) is 3. The van der Waals surface area contributed by atoms with E-state index in [2.05, 4.69) is 0 Å². The Morgan fingerprint density at radius 3 is 2.68 bits per heavy atom. The molecule has 1 aliphatic heterocycles. The number of carbonyl (C=O) groups is 1. The number of aliphatic hydroxyl groups is 1. The van der Waals surface area contributed by atoms with Gasteiger partial charge in [-0.2, -0.15) is 0 Å². The minimum atomic E-state index is -0.696. The van der Waals surface area contributed by atoms with Crippen LogP contribution in [-0.4, -0.2) is 27.2 Å². The average Bonchev–Trinajstić information content (AvgIpc) is 2.77. The van der Waals surface area contributed by atoms with Crippen molar-refractivity contribution < 1.29 is 29.3 Å². The molecule has 2 aromatic rings. The summed E-state index contributed by atoms with van der Waals surface area (Å²) in [5.74, 6) is -1.92. The first-order valence-electron chi connectivity index (χ1n) is 6.59. The average molecular weight is 302 g/mol. The zero-order chi connectivity index (χ0) is 15.6. The molecule has 1 aromatic heterocycles. The highest BCUT2D eigenvalue weighted by molar-refractivity contribution is 5.96. The normalized spacial score (nSPS) is 22.9. The number of rotatable bonds is 0. The van der Waals surface area contributed by atoms with E-state index < -0.39 is 29.2 Å². The van der Waals surface area contributed by atoms with Crippen LogP contribution in [-0.2, 0) is 4.79 Å². The fourth-order valence-corrected chi connectivity index (χ4v) is 3.01. The Balaban J connectivity index is 2.04. The van der Waals surface area contributed by atoms with Crippen LogP contribution < -0.4 is 10.4 Å². The van der Waals surface area contributed by atoms with Crippen LogP contribution in [0.15, 0.2) is 33.2 Å². The summed E-state index contributed by atoms with van der Waals surface area (Å²) in [6, 6.07) is 2.30. The van der Waals surface area contributed by atoms with Crippen LogP contribution in [0.4, 0.5) is 0 Å². The van der Waals surface area contributed by atoms with E-state index in [1.807, 2.05) is 0 Å². The van der Waals surface area contributed by atoms with E-state index in [4.69, 9.17) is 9.15 Å². The van der Waals surface area contributed by atoms with Crippen LogP contribution in [0.5, 0.6) is 17.2 Å². The molecule has 2 heterocycles. The SMILES string of the molecule is O=C1CC2Oc3c(c(=O)oc4cc(O)cc(O)c34)C2C=C1O. The summed E-state index contributed by atoms with van der Waals surface area (Å²) in [6.07, 6.45) is 0.574. The number of Topliss-reactive ketones (excluding diaryl/α,β-unsaturated/α-hetero) is 1. The minimum Gasteiger partial charge on any atom is -0.508 e. The summed E-state index contributed by atoms with van der Waals surface area (Å²) < 4.78 is 10.8. The molecule has 0 saturated carbocycles. The van der Waals surface area contributed by atoms with Crippen molar-refractivity contribution in [3.05, 3.63) is 40.0 Å². The fraction of sp³-hybridized carbons (Fsp3) is 0.200. The highest BCUT2D eigenvalue weighted by Crippen LogP contribution is 2.47. The van der Waals surface area contributed by atoms with Crippen LogP contribution in [0.25, 0.3) is 11.0 Å². The van der Waals surface area contributed by atoms with Gasteiger partial charge in [-0.3, -0.25) is 4.79 Å².